The molecule has 3 heterocycles. The average Bonchev–Trinajstić information content (AvgIpc) is 3.53. The number of likely N-dealkylation sites (tertiary alicyclic amines) is 1. The number of carbonyl (C=O) groups excluding carboxylic acids is 2. The second-order valence-electron chi connectivity index (χ2n) is 11.9. The van der Waals surface area contributed by atoms with Gasteiger partial charge in [-0.15, -0.1) is 0 Å². The zero-order chi connectivity index (χ0) is 25.7. The van der Waals surface area contributed by atoms with Gasteiger partial charge in [0.05, 0.1) is 22.6 Å². The zero-order valence-corrected chi connectivity index (χ0v) is 22.9. The van der Waals surface area contributed by atoms with Crippen LogP contribution >= 0.6 is 11.5 Å². The van der Waals surface area contributed by atoms with Crippen LogP contribution in [0.25, 0.3) is 10.1 Å². The molecule has 7 unspecified atom stereocenters. The van der Waals surface area contributed by atoms with Crippen LogP contribution in [-0.4, -0.2) is 76.5 Å². The summed E-state index contributed by atoms with van der Waals surface area (Å²) in [5, 5.41) is 11.9. The van der Waals surface area contributed by atoms with Crippen molar-refractivity contribution in [3.63, 3.8) is 0 Å². The summed E-state index contributed by atoms with van der Waals surface area (Å²) < 4.78 is 6.00. The Bertz CT molecular complexity index is 1150. The van der Waals surface area contributed by atoms with Gasteiger partial charge < -0.3 is 10.0 Å². The molecule has 4 fully saturated rings. The Labute approximate surface area is 224 Å². The molecule has 2 saturated heterocycles. The molecule has 6 rings (SSSR count). The van der Waals surface area contributed by atoms with Crippen LogP contribution in [0.4, 0.5) is 5.82 Å². The highest BCUT2D eigenvalue weighted by Gasteiger charge is 2.60. The SMILES string of the molecule is CCC1C(O)C(C)C2C(=O)N(CC3CCCCC3CN3CCN(c4nsc5ccccc45)CC3)C(=O)C12. The molecular formula is C29H40N4O3S. The third-order valence-corrected chi connectivity index (χ3v) is 10.8. The molecule has 0 radical (unpaired) electrons. The average molecular weight is 525 g/mol. The minimum atomic E-state index is -0.543. The third-order valence-electron chi connectivity index (χ3n) is 9.97. The molecule has 0 bridgehead atoms. The van der Waals surface area contributed by atoms with Crippen molar-refractivity contribution in [1.82, 2.24) is 14.2 Å². The normalized spacial score (nSPS) is 35.1. The lowest BCUT2D eigenvalue weighted by molar-refractivity contribution is -0.143. The predicted octanol–water partition coefficient (Wildman–Crippen LogP) is 3.86. The summed E-state index contributed by atoms with van der Waals surface area (Å²) in [6, 6.07) is 8.48. The van der Waals surface area contributed by atoms with Crippen molar-refractivity contribution in [2.75, 3.05) is 44.2 Å². The smallest absolute Gasteiger partial charge is 0.233 e. The Morgan fingerprint density at radius 2 is 1.65 bits per heavy atom. The molecule has 0 spiro atoms. The molecule has 2 aromatic rings. The summed E-state index contributed by atoms with van der Waals surface area (Å²) in [5.74, 6) is 1.11. The molecule has 4 aliphatic rings. The highest BCUT2D eigenvalue weighted by atomic mass is 32.1. The first-order valence-corrected chi connectivity index (χ1v) is 15.1. The van der Waals surface area contributed by atoms with Gasteiger partial charge in [-0.25, -0.2) is 0 Å². The number of piperazine rings is 1. The fourth-order valence-corrected chi connectivity index (χ4v) is 8.64. The second kappa shape index (κ2) is 10.3. The molecule has 2 aliphatic heterocycles. The number of imide groups is 1. The number of rotatable bonds is 6. The first kappa shape index (κ1) is 25.3. The summed E-state index contributed by atoms with van der Waals surface area (Å²) in [7, 11) is 0. The minimum Gasteiger partial charge on any atom is -0.393 e. The van der Waals surface area contributed by atoms with Gasteiger partial charge in [-0.3, -0.25) is 19.4 Å². The molecular weight excluding hydrogens is 484 g/mol. The van der Waals surface area contributed by atoms with E-state index in [1.807, 2.05) is 13.8 Å². The number of aliphatic hydroxyl groups excluding tert-OH is 1. The van der Waals surface area contributed by atoms with Crippen LogP contribution in [0.3, 0.4) is 0 Å². The molecule has 1 aromatic heterocycles. The van der Waals surface area contributed by atoms with Crippen LogP contribution in [0, 0.1) is 35.5 Å². The standard InChI is InChI=1S/C29H40N4O3S/c1-3-21-25-24(18(2)26(21)34)28(35)33(29(25)36)17-20-9-5-4-8-19(20)16-31-12-14-32(15-13-31)27-22-10-6-7-11-23(22)37-30-27/h6-7,10-11,18-21,24-26,34H,3-5,8-9,12-17H2,1-2H3. The van der Waals surface area contributed by atoms with E-state index in [0.717, 1.165) is 51.4 Å². The van der Waals surface area contributed by atoms with E-state index in [-0.39, 0.29) is 35.5 Å². The highest BCUT2D eigenvalue weighted by molar-refractivity contribution is 7.13. The number of aromatic nitrogens is 1. The summed E-state index contributed by atoms with van der Waals surface area (Å²) in [6.45, 7) is 9.60. The van der Waals surface area contributed by atoms with Gasteiger partial charge in [0.25, 0.3) is 0 Å². The molecule has 1 aromatic carbocycles. The monoisotopic (exact) mass is 524 g/mol. The van der Waals surface area contributed by atoms with Crippen molar-refractivity contribution in [3.8, 4) is 0 Å². The fourth-order valence-electron chi connectivity index (χ4n) is 7.84. The van der Waals surface area contributed by atoms with Crippen molar-refractivity contribution < 1.29 is 14.7 Å². The van der Waals surface area contributed by atoms with E-state index >= 15 is 0 Å². The van der Waals surface area contributed by atoms with E-state index in [1.54, 1.807) is 16.4 Å². The van der Waals surface area contributed by atoms with Gasteiger partial charge in [0, 0.05) is 44.7 Å². The Hall–Kier alpha value is -2.03. The van der Waals surface area contributed by atoms with Gasteiger partial charge in [-0.2, -0.15) is 4.37 Å². The number of benzene rings is 1. The van der Waals surface area contributed by atoms with Gasteiger partial charge >= 0.3 is 0 Å². The number of fused-ring (bicyclic) bond motifs is 2. The maximum absolute atomic E-state index is 13.4. The number of anilines is 1. The van der Waals surface area contributed by atoms with Gasteiger partial charge in [-0.1, -0.05) is 45.2 Å². The van der Waals surface area contributed by atoms with Crippen molar-refractivity contribution >= 4 is 39.3 Å². The molecule has 7 atom stereocenters. The van der Waals surface area contributed by atoms with Crippen molar-refractivity contribution in [1.29, 1.82) is 0 Å². The molecule has 37 heavy (non-hydrogen) atoms. The molecule has 200 valence electrons. The lowest BCUT2D eigenvalue weighted by atomic mass is 9.78. The molecule has 2 amide bonds. The largest absolute Gasteiger partial charge is 0.393 e. The quantitative estimate of drug-likeness (QED) is 0.579. The molecule has 2 saturated carbocycles. The molecule has 8 heteroatoms. The van der Waals surface area contributed by atoms with Crippen LogP contribution in [-0.2, 0) is 9.59 Å². The number of amides is 2. The molecule has 1 N–H and O–H groups in total. The lowest BCUT2D eigenvalue weighted by Gasteiger charge is -2.40. The summed E-state index contributed by atoms with van der Waals surface area (Å²) in [5.41, 5.74) is 0. The predicted molar refractivity (Wildman–Crippen MR) is 146 cm³/mol. The number of aliphatic hydroxyl groups is 1. The van der Waals surface area contributed by atoms with Crippen LogP contribution in [0.5, 0.6) is 0 Å². The number of hydrogen-bond donors (Lipinski definition) is 1. The second-order valence-corrected chi connectivity index (χ2v) is 12.7. The van der Waals surface area contributed by atoms with E-state index in [1.165, 1.54) is 29.3 Å². The van der Waals surface area contributed by atoms with E-state index < -0.39 is 6.10 Å². The molecule has 7 nitrogen and oxygen atoms in total. The van der Waals surface area contributed by atoms with E-state index in [9.17, 15) is 14.7 Å². The van der Waals surface area contributed by atoms with Crippen molar-refractivity contribution in [3.05, 3.63) is 24.3 Å². The fraction of sp³-hybridized carbons (Fsp3) is 0.690. The van der Waals surface area contributed by atoms with E-state index in [0.29, 0.717) is 18.4 Å². The summed E-state index contributed by atoms with van der Waals surface area (Å²) >= 11 is 1.58. The summed E-state index contributed by atoms with van der Waals surface area (Å²) in [4.78, 5) is 33.5. The van der Waals surface area contributed by atoms with Gasteiger partial charge in [-0.05, 0) is 60.2 Å². The highest BCUT2D eigenvalue weighted by Crippen LogP contribution is 2.49. The van der Waals surface area contributed by atoms with Crippen LogP contribution in [0.15, 0.2) is 24.3 Å². The van der Waals surface area contributed by atoms with E-state index in [4.69, 9.17) is 4.37 Å². The minimum absolute atomic E-state index is 0.0151. The van der Waals surface area contributed by atoms with Crippen LogP contribution in [0.2, 0.25) is 0 Å². The maximum Gasteiger partial charge on any atom is 0.233 e. The Balaban J connectivity index is 1.08. The Kier molecular flexibility index (Phi) is 7.01. The van der Waals surface area contributed by atoms with Crippen molar-refractivity contribution in [2.24, 2.45) is 35.5 Å². The van der Waals surface area contributed by atoms with Gasteiger partial charge in [0.2, 0.25) is 11.8 Å². The van der Waals surface area contributed by atoms with Crippen molar-refractivity contribution in [2.45, 2.75) is 52.1 Å². The lowest BCUT2D eigenvalue weighted by Crippen LogP contribution is -2.50. The number of carbonyl (C=O) groups is 2. The zero-order valence-electron chi connectivity index (χ0n) is 22.1. The third kappa shape index (κ3) is 4.39. The summed E-state index contributed by atoms with van der Waals surface area (Å²) in [6.07, 6.45) is 4.89. The maximum atomic E-state index is 13.4. The first-order valence-electron chi connectivity index (χ1n) is 14.3. The van der Waals surface area contributed by atoms with E-state index in [2.05, 4.69) is 34.1 Å². The Morgan fingerprint density at radius 1 is 0.973 bits per heavy atom. The Morgan fingerprint density at radius 3 is 2.38 bits per heavy atom. The number of hydrogen-bond acceptors (Lipinski definition) is 7. The van der Waals surface area contributed by atoms with Crippen LogP contribution in [0.1, 0.15) is 46.0 Å². The number of nitrogens with zero attached hydrogens (tertiary/aromatic N) is 4. The van der Waals surface area contributed by atoms with Gasteiger partial charge in [0.1, 0.15) is 5.82 Å². The first-order chi connectivity index (χ1) is 18.0. The van der Waals surface area contributed by atoms with Gasteiger partial charge in [0.15, 0.2) is 0 Å². The molecule has 2 aliphatic carbocycles. The van der Waals surface area contributed by atoms with Crippen LogP contribution < -0.4 is 4.90 Å². The topological polar surface area (TPSA) is 77.0 Å².